The Hall–Kier alpha value is -2.16. The highest BCUT2D eigenvalue weighted by atomic mass is 15.1. The Balaban J connectivity index is 1.74. The van der Waals surface area contributed by atoms with E-state index in [1.54, 1.807) is 0 Å². The molecular formula is C23H28N2. The van der Waals surface area contributed by atoms with Crippen molar-refractivity contribution in [1.29, 1.82) is 0 Å². The van der Waals surface area contributed by atoms with Crippen molar-refractivity contribution in [2.75, 3.05) is 13.1 Å². The first-order valence-electron chi connectivity index (χ1n) is 9.13. The Morgan fingerprint density at radius 3 is 1.88 bits per heavy atom. The maximum Gasteiger partial charge on any atom is 0.0240 e. The van der Waals surface area contributed by atoms with Gasteiger partial charge in [0, 0.05) is 26.2 Å². The van der Waals surface area contributed by atoms with Gasteiger partial charge in [0.1, 0.15) is 0 Å². The van der Waals surface area contributed by atoms with Crippen LogP contribution in [0.3, 0.4) is 0 Å². The first-order chi connectivity index (χ1) is 12.2. The highest BCUT2D eigenvalue weighted by molar-refractivity contribution is 5.28. The summed E-state index contributed by atoms with van der Waals surface area (Å²) in [5.74, 6) is 0.556. The van der Waals surface area contributed by atoms with Gasteiger partial charge in [-0.1, -0.05) is 90.9 Å². The van der Waals surface area contributed by atoms with Crippen LogP contribution in [0, 0.1) is 5.92 Å². The largest absolute Gasteiger partial charge is 0.327 e. The molecule has 0 bridgehead atoms. The molecule has 0 heterocycles. The molecule has 2 nitrogen and oxygen atoms in total. The predicted molar refractivity (Wildman–Crippen MR) is 106 cm³/mol. The summed E-state index contributed by atoms with van der Waals surface area (Å²) >= 11 is 0. The van der Waals surface area contributed by atoms with E-state index in [2.05, 4.69) is 84.6 Å². The Kier molecular flexibility index (Phi) is 6.21. The number of benzene rings is 2. The molecule has 0 saturated heterocycles. The molecule has 0 amide bonds. The van der Waals surface area contributed by atoms with E-state index < -0.39 is 0 Å². The lowest BCUT2D eigenvalue weighted by Gasteiger charge is -2.27. The van der Waals surface area contributed by atoms with Crippen LogP contribution in [0.4, 0.5) is 0 Å². The molecule has 0 aliphatic heterocycles. The minimum atomic E-state index is 0.556. The van der Waals surface area contributed by atoms with Crippen LogP contribution in [0.15, 0.2) is 84.0 Å². The second kappa shape index (κ2) is 8.80. The van der Waals surface area contributed by atoms with Crippen molar-refractivity contribution < 1.29 is 0 Å². The zero-order valence-corrected chi connectivity index (χ0v) is 15.1. The summed E-state index contributed by atoms with van der Waals surface area (Å²) in [6, 6.07) is 21.5. The summed E-state index contributed by atoms with van der Waals surface area (Å²) in [4.78, 5) is 2.53. The number of hydrogen-bond donors (Lipinski definition) is 1. The molecule has 1 atom stereocenters. The van der Waals surface area contributed by atoms with E-state index in [4.69, 9.17) is 5.73 Å². The third-order valence-corrected chi connectivity index (χ3v) is 4.89. The molecule has 1 unspecified atom stereocenters. The van der Waals surface area contributed by atoms with E-state index in [-0.39, 0.29) is 0 Å². The van der Waals surface area contributed by atoms with Crippen LogP contribution in [-0.4, -0.2) is 18.0 Å². The molecule has 0 saturated carbocycles. The fourth-order valence-electron chi connectivity index (χ4n) is 3.51. The van der Waals surface area contributed by atoms with Crippen molar-refractivity contribution in [1.82, 2.24) is 4.90 Å². The van der Waals surface area contributed by atoms with Crippen molar-refractivity contribution in [3.05, 3.63) is 95.1 Å². The van der Waals surface area contributed by atoms with E-state index >= 15 is 0 Å². The predicted octanol–water partition coefficient (Wildman–Crippen LogP) is 4.54. The molecule has 130 valence electrons. The number of allylic oxidation sites excluding steroid dienone is 2. The normalized spacial score (nSPS) is 17.3. The third-order valence-electron chi connectivity index (χ3n) is 4.89. The minimum absolute atomic E-state index is 0.556. The van der Waals surface area contributed by atoms with Gasteiger partial charge in [0.15, 0.2) is 0 Å². The van der Waals surface area contributed by atoms with Crippen LogP contribution in [0.1, 0.15) is 24.5 Å². The highest BCUT2D eigenvalue weighted by Gasteiger charge is 2.16. The molecule has 2 aromatic rings. The standard InChI is InChI=1S/C23H28N2/c1-19-14-22(12-13-23(19)15-24)18-25(16-20-8-4-2-5-9-20)17-21-10-6-3-7-11-21/h2-13,19H,14-18,24H2,1H3. The first kappa shape index (κ1) is 17.7. The van der Waals surface area contributed by atoms with E-state index in [9.17, 15) is 0 Å². The number of nitrogens with two attached hydrogens (primary N) is 1. The van der Waals surface area contributed by atoms with Gasteiger partial charge >= 0.3 is 0 Å². The van der Waals surface area contributed by atoms with E-state index in [0.29, 0.717) is 12.5 Å². The van der Waals surface area contributed by atoms with Gasteiger partial charge in [-0.25, -0.2) is 0 Å². The summed E-state index contributed by atoms with van der Waals surface area (Å²) in [6.45, 7) is 5.89. The average Bonchev–Trinajstić information content (AvgIpc) is 2.63. The summed E-state index contributed by atoms with van der Waals surface area (Å²) in [5, 5.41) is 0. The lowest BCUT2D eigenvalue weighted by molar-refractivity contribution is 0.274. The summed E-state index contributed by atoms with van der Waals surface area (Å²) in [5.41, 5.74) is 11.4. The number of hydrogen-bond acceptors (Lipinski definition) is 2. The third kappa shape index (κ3) is 5.15. The number of rotatable bonds is 7. The van der Waals surface area contributed by atoms with Gasteiger partial charge < -0.3 is 5.73 Å². The Labute approximate surface area is 151 Å². The SMILES string of the molecule is CC1CC(CN(Cc2ccccc2)Cc2ccccc2)=CC=C1CN. The van der Waals surface area contributed by atoms with Crippen LogP contribution in [0.2, 0.25) is 0 Å². The molecule has 0 fully saturated rings. The minimum Gasteiger partial charge on any atom is -0.327 e. The van der Waals surface area contributed by atoms with Crippen molar-refractivity contribution in [2.45, 2.75) is 26.4 Å². The zero-order valence-electron chi connectivity index (χ0n) is 15.1. The average molecular weight is 332 g/mol. The highest BCUT2D eigenvalue weighted by Crippen LogP contribution is 2.25. The maximum atomic E-state index is 5.84. The van der Waals surface area contributed by atoms with Gasteiger partial charge in [0.2, 0.25) is 0 Å². The smallest absolute Gasteiger partial charge is 0.0240 e. The van der Waals surface area contributed by atoms with Crippen LogP contribution in [-0.2, 0) is 13.1 Å². The quantitative estimate of drug-likeness (QED) is 0.806. The van der Waals surface area contributed by atoms with Crippen molar-refractivity contribution in [3.63, 3.8) is 0 Å². The summed E-state index contributed by atoms with van der Waals surface area (Å²) < 4.78 is 0. The topological polar surface area (TPSA) is 29.3 Å². The van der Waals surface area contributed by atoms with E-state index in [1.165, 1.54) is 22.3 Å². The monoisotopic (exact) mass is 332 g/mol. The molecule has 2 aromatic carbocycles. The van der Waals surface area contributed by atoms with Crippen molar-refractivity contribution in [2.24, 2.45) is 11.7 Å². The molecule has 2 N–H and O–H groups in total. The Bertz CT molecular complexity index is 675. The van der Waals surface area contributed by atoms with Gasteiger partial charge in [0.25, 0.3) is 0 Å². The van der Waals surface area contributed by atoms with Crippen LogP contribution in [0.5, 0.6) is 0 Å². The lowest BCUT2D eigenvalue weighted by Crippen LogP contribution is -2.27. The fraction of sp³-hybridized carbons (Fsp3) is 0.304. The van der Waals surface area contributed by atoms with Gasteiger partial charge in [-0.05, 0) is 23.5 Å². The van der Waals surface area contributed by atoms with Gasteiger partial charge in [-0.3, -0.25) is 4.90 Å². The second-order valence-electron chi connectivity index (χ2n) is 6.99. The lowest BCUT2D eigenvalue weighted by atomic mass is 9.88. The van der Waals surface area contributed by atoms with E-state index in [0.717, 1.165) is 26.1 Å². The molecule has 3 rings (SSSR count). The van der Waals surface area contributed by atoms with Crippen molar-refractivity contribution >= 4 is 0 Å². The van der Waals surface area contributed by atoms with Gasteiger partial charge in [-0.15, -0.1) is 0 Å². The second-order valence-corrected chi connectivity index (χ2v) is 6.99. The van der Waals surface area contributed by atoms with Gasteiger partial charge in [-0.2, -0.15) is 0 Å². The van der Waals surface area contributed by atoms with Gasteiger partial charge in [0.05, 0.1) is 0 Å². The number of nitrogens with zero attached hydrogens (tertiary/aromatic N) is 1. The molecular weight excluding hydrogens is 304 g/mol. The Morgan fingerprint density at radius 1 is 0.840 bits per heavy atom. The molecule has 0 spiro atoms. The fourth-order valence-corrected chi connectivity index (χ4v) is 3.51. The van der Waals surface area contributed by atoms with E-state index in [1.807, 2.05) is 0 Å². The Morgan fingerprint density at radius 2 is 1.40 bits per heavy atom. The zero-order chi connectivity index (χ0) is 17.5. The van der Waals surface area contributed by atoms with Crippen molar-refractivity contribution in [3.8, 4) is 0 Å². The van der Waals surface area contributed by atoms with Crippen LogP contribution in [0.25, 0.3) is 0 Å². The summed E-state index contributed by atoms with van der Waals surface area (Å²) in [7, 11) is 0. The first-order valence-corrected chi connectivity index (χ1v) is 9.13. The molecule has 0 radical (unpaired) electrons. The molecule has 0 aromatic heterocycles. The van der Waals surface area contributed by atoms with Crippen LogP contribution < -0.4 is 5.73 Å². The molecule has 1 aliphatic rings. The summed E-state index contributed by atoms with van der Waals surface area (Å²) in [6.07, 6.45) is 5.63. The van der Waals surface area contributed by atoms with Crippen LogP contribution >= 0.6 is 0 Å². The molecule has 2 heteroatoms. The maximum absolute atomic E-state index is 5.84. The molecule has 1 aliphatic carbocycles. The molecule has 25 heavy (non-hydrogen) atoms.